The lowest BCUT2D eigenvalue weighted by molar-refractivity contribution is 0.276. The number of benzene rings is 2. The van der Waals surface area contributed by atoms with Crippen molar-refractivity contribution in [1.82, 2.24) is 4.90 Å². The van der Waals surface area contributed by atoms with Gasteiger partial charge in [-0.2, -0.15) is 0 Å². The van der Waals surface area contributed by atoms with E-state index in [0.717, 1.165) is 35.4 Å². The van der Waals surface area contributed by atoms with E-state index in [-0.39, 0.29) is 5.37 Å². The summed E-state index contributed by atoms with van der Waals surface area (Å²) < 4.78 is 21.9. The minimum Gasteiger partial charge on any atom is -0.493 e. The zero-order valence-corrected chi connectivity index (χ0v) is 16.8. The summed E-state index contributed by atoms with van der Waals surface area (Å²) in [6.45, 7) is 0.883. The average molecular weight is 392 g/mol. The Kier molecular flexibility index (Phi) is 4.86. The predicted octanol–water partition coefficient (Wildman–Crippen LogP) is 4.39. The SMILES string of the molecule is COc1cc2c(cc1OC)SC1c3cc(OC)c(OC)cc3SCN1C2. The summed E-state index contributed by atoms with van der Waals surface area (Å²) in [6.07, 6.45) is 0. The smallest absolute Gasteiger partial charge is 0.161 e. The minimum atomic E-state index is 0.247. The third-order valence-electron chi connectivity index (χ3n) is 4.68. The lowest BCUT2D eigenvalue weighted by atomic mass is 10.1. The monoisotopic (exact) mass is 391 g/mol. The summed E-state index contributed by atoms with van der Waals surface area (Å²) >= 11 is 3.68. The summed E-state index contributed by atoms with van der Waals surface area (Å²) in [5, 5.41) is 0.247. The van der Waals surface area contributed by atoms with Gasteiger partial charge in [0, 0.05) is 16.3 Å². The maximum Gasteiger partial charge on any atom is 0.161 e. The molecule has 0 amide bonds. The molecular formula is C19H21NO4S2. The zero-order valence-electron chi connectivity index (χ0n) is 15.2. The molecule has 0 aliphatic carbocycles. The van der Waals surface area contributed by atoms with Crippen LogP contribution in [-0.4, -0.2) is 39.2 Å². The van der Waals surface area contributed by atoms with E-state index in [1.54, 1.807) is 28.4 Å². The molecule has 0 bridgehead atoms. The van der Waals surface area contributed by atoms with Crippen LogP contribution in [0.4, 0.5) is 0 Å². The second-order valence-corrected chi connectivity index (χ2v) is 8.16. The van der Waals surface area contributed by atoms with Crippen LogP contribution in [0.5, 0.6) is 23.0 Å². The van der Waals surface area contributed by atoms with Crippen molar-refractivity contribution < 1.29 is 18.9 Å². The van der Waals surface area contributed by atoms with Crippen molar-refractivity contribution in [3.63, 3.8) is 0 Å². The van der Waals surface area contributed by atoms with Gasteiger partial charge in [0.1, 0.15) is 0 Å². The lowest BCUT2D eigenvalue weighted by Crippen LogP contribution is -2.32. The first-order valence-corrected chi connectivity index (χ1v) is 10.1. The van der Waals surface area contributed by atoms with Gasteiger partial charge in [-0.1, -0.05) is 0 Å². The molecule has 0 N–H and O–H groups in total. The topological polar surface area (TPSA) is 40.2 Å². The van der Waals surface area contributed by atoms with Crippen molar-refractivity contribution >= 4 is 23.5 Å². The molecule has 0 aromatic heterocycles. The first kappa shape index (κ1) is 17.7. The number of thioether (sulfide) groups is 2. The molecule has 0 saturated heterocycles. The van der Waals surface area contributed by atoms with E-state index in [1.807, 2.05) is 23.5 Å². The summed E-state index contributed by atoms with van der Waals surface area (Å²) in [7, 11) is 6.71. The second kappa shape index (κ2) is 7.13. The summed E-state index contributed by atoms with van der Waals surface area (Å²) in [5.41, 5.74) is 2.54. The summed E-state index contributed by atoms with van der Waals surface area (Å²) in [4.78, 5) is 4.95. The second-order valence-electron chi connectivity index (χ2n) is 6.05. The molecule has 0 saturated carbocycles. The van der Waals surface area contributed by atoms with Gasteiger partial charge in [0.05, 0.1) is 39.7 Å². The molecule has 138 valence electrons. The number of fused-ring (bicyclic) bond motifs is 4. The van der Waals surface area contributed by atoms with Gasteiger partial charge in [0.15, 0.2) is 23.0 Å². The van der Waals surface area contributed by atoms with Crippen LogP contribution < -0.4 is 18.9 Å². The largest absolute Gasteiger partial charge is 0.493 e. The number of hydrogen-bond donors (Lipinski definition) is 0. The van der Waals surface area contributed by atoms with Crippen LogP contribution in [-0.2, 0) is 6.54 Å². The van der Waals surface area contributed by atoms with Crippen LogP contribution in [0, 0.1) is 0 Å². The highest BCUT2D eigenvalue weighted by atomic mass is 32.2. The fraction of sp³-hybridized carbons (Fsp3) is 0.368. The number of ether oxygens (including phenoxy) is 4. The molecule has 0 spiro atoms. The quantitative estimate of drug-likeness (QED) is 0.765. The van der Waals surface area contributed by atoms with E-state index in [1.165, 1.54) is 20.9 Å². The first-order chi connectivity index (χ1) is 12.7. The molecule has 2 aromatic carbocycles. The van der Waals surface area contributed by atoms with Gasteiger partial charge in [-0.3, -0.25) is 4.90 Å². The van der Waals surface area contributed by atoms with Crippen molar-refractivity contribution in [3.8, 4) is 23.0 Å². The van der Waals surface area contributed by atoms with Crippen molar-refractivity contribution in [2.24, 2.45) is 0 Å². The minimum absolute atomic E-state index is 0.247. The molecule has 2 aliphatic rings. The van der Waals surface area contributed by atoms with E-state index in [4.69, 9.17) is 18.9 Å². The van der Waals surface area contributed by atoms with Crippen LogP contribution >= 0.6 is 23.5 Å². The molecule has 7 heteroatoms. The normalized spacial score (nSPS) is 18.4. The molecule has 5 nitrogen and oxygen atoms in total. The Balaban J connectivity index is 1.75. The summed E-state index contributed by atoms with van der Waals surface area (Å²) in [6, 6.07) is 8.36. The van der Waals surface area contributed by atoms with E-state index < -0.39 is 0 Å². The van der Waals surface area contributed by atoms with Gasteiger partial charge >= 0.3 is 0 Å². The van der Waals surface area contributed by atoms with Crippen LogP contribution in [0.2, 0.25) is 0 Å². The highest BCUT2D eigenvalue weighted by molar-refractivity contribution is 8.01. The van der Waals surface area contributed by atoms with Crippen LogP contribution in [0.25, 0.3) is 0 Å². The fourth-order valence-corrected chi connectivity index (χ4v) is 5.90. The molecule has 0 radical (unpaired) electrons. The highest BCUT2D eigenvalue weighted by Crippen LogP contribution is 2.54. The van der Waals surface area contributed by atoms with Crippen LogP contribution in [0.15, 0.2) is 34.1 Å². The van der Waals surface area contributed by atoms with Crippen molar-refractivity contribution in [1.29, 1.82) is 0 Å². The highest BCUT2D eigenvalue weighted by Gasteiger charge is 2.35. The molecule has 1 unspecified atom stereocenters. The summed E-state index contributed by atoms with van der Waals surface area (Å²) in [5.74, 6) is 4.03. The molecule has 2 aromatic rings. The Morgan fingerprint density at radius 2 is 1.38 bits per heavy atom. The lowest BCUT2D eigenvalue weighted by Gasteiger charge is -2.40. The van der Waals surface area contributed by atoms with E-state index in [2.05, 4.69) is 29.2 Å². The Morgan fingerprint density at radius 3 is 2.04 bits per heavy atom. The standard InChI is InChI=1S/C19H21NO4S2/c1-21-13-5-11-9-20-10-25-18-8-16(24-4)14(22-2)6-12(18)19(20)26-17(11)7-15(13)23-3/h5-8,19H,9-10H2,1-4H3. The van der Waals surface area contributed by atoms with Crippen molar-refractivity contribution in [3.05, 3.63) is 35.4 Å². The van der Waals surface area contributed by atoms with Gasteiger partial charge < -0.3 is 18.9 Å². The zero-order chi connectivity index (χ0) is 18.3. The van der Waals surface area contributed by atoms with E-state index >= 15 is 0 Å². The number of methoxy groups -OCH3 is 4. The first-order valence-electron chi connectivity index (χ1n) is 8.22. The van der Waals surface area contributed by atoms with Gasteiger partial charge in [-0.15, -0.1) is 23.5 Å². The molecular weight excluding hydrogens is 370 g/mol. The molecule has 2 aliphatic heterocycles. The van der Waals surface area contributed by atoms with E-state index in [0.29, 0.717) is 0 Å². The van der Waals surface area contributed by atoms with Gasteiger partial charge in [0.2, 0.25) is 0 Å². The Morgan fingerprint density at radius 1 is 0.808 bits per heavy atom. The van der Waals surface area contributed by atoms with Gasteiger partial charge in [-0.25, -0.2) is 0 Å². The Bertz CT molecular complexity index is 843. The third kappa shape index (κ3) is 2.88. The van der Waals surface area contributed by atoms with Crippen molar-refractivity contribution in [2.45, 2.75) is 21.7 Å². The maximum absolute atomic E-state index is 5.52. The van der Waals surface area contributed by atoms with Crippen molar-refractivity contribution in [2.75, 3.05) is 34.3 Å². The molecule has 26 heavy (non-hydrogen) atoms. The maximum atomic E-state index is 5.52. The molecule has 1 atom stereocenters. The Hall–Kier alpha value is -1.70. The number of nitrogens with zero attached hydrogens (tertiary/aromatic N) is 1. The van der Waals surface area contributed by atoms with E-state index in [9.17, 15) is 0 Å². The fourth-order valence-electron chi connectivity index (χ4n) is 3.35. The molecule has 0 fully saturated rings. The van der Waals surface area contributed by atoms with Crippen LogP contribution in [0.1, 0.15) is 16.5 Å². The predicted molar refractivity (Wildman–Crippen MR) is 104 cm³/mol. The Labute approximate surface area is 161 Å². The number of hydrogen-bond acceptors (Lipinski definition) is 7. The van der Waals surface area contributed by atoms with Gasteiger partial charge in [0.25, 0.3) is 0 Å². The molecule has 4 rings (SSSR count). The van der Waals surface area contributed by atoms with Gasteiger partial charge in [-0.05, 0) is 35.4 Å². The van der Waals surface area contributed by atoms with Crippen LogP contribution in [0.3, 0.4) is 0 Å². The third-order valence-corrected chi connectivity index (χ3v) is 7.21. The number of rotatable bonds is 4. The average Bonchev–Trinajstić information content (AvgIpc) is 2.69. The molecule has 2 heterocycles.